The number of carbonyl (C=O) groups is 3. The molecule has 3 rings (SSSR count). The molecule has 0 saturated carbocycles. The second-order valence-corrected chi connectivity index (χ2v) is 8.14. The summed E-state index contributed by atoms with van der Waals surface area (Å²) in [5.41, 5.74) is 3.95. The largest absolute Gasteiger partial charge is 0.481 e. The summed E-state index contributed by atoms with van der Waals surface area (Å²) in [4.78, 5) is 40.9. The zero-order valence-corrected chi connectivity index (χ0v) is 19.1. The van der Waals surface area contributed by atoms with Crippen molar-refractivity contribution in [1.29, 1.82) is 0 Å². The monoisotopic (exact) mass is 459 g/mol. The van der Waals surface area contributed by atoms with Crippen molar-refractivity contribution < 1.29 is 19.5 Å². The van der Waals surface area contributed by atoms with E-state index in [9.17, 15) is 19.5 Å². The highest BCUT2D eigenvalue weighted by Gasteiger charge is 2.27. The van der Waals surface area contributed by atoms with E-state index < -0.39 is 23.8 Å². The van der Waals surface area contributed by atoms with Crippen molar-refractivity contribution in [3.63, 3.8) is 0 Å². The Hall–Kier alpha value is -4.00. The van der Waals surface area contributed by atoms with E-state index in [1.807, 2.05) is 66.7 Å². The van der Waals surface area contributed by atoms with Gasteiger partial charge in [-0.15, -0.1) is 0 Å². The maximum absolute atomic E-state index is 13.0. The molecular formula is C27H29N3O4. The van der Waals surface area contributed by atoms with Gasteiger partial charge >= 0.3 is 5.97 Å². The van der Waals surface area contributed by atoms with E-state index >= 15 is 0 Å². The number of carboxylic acids is 1. The topological polar surface area (TPSA) is 108 Å². The number of aliphatic carboxylic acids is 1. The van der Waals surface area contributed by atoms with Gasteiger partial charge in [0.1, 0.15) is 6.04 Å². The fraction of sp³-hybridized carbons (Fsp3) is 0.259. The lowest BCUT2D eigenvalue weighted by Crippen LogP contribution is -2.49. The highest BCUT2D eigenvalue weighted by atomic mass is 16.4. The molecule has 3 aromatic rings. The molecule has 0 fully saturated rings. The van der Waals surface area contributed by atoms with E-state index in [0.717, 1.165) is 22.3 Å². The number of carboxylic acid groups (broad SMARTS) is 1. The SMILES string of the molecule is CNC(=O)[C@H](Cc1ccccc1)NC(=O)[C@H](CCc1ccc(-c2cccnc2)cc1)CC(=O)O. The first kappa shape index (κ1) is 24.6. The summed E-state index contributed by atoms with van der Waals surface area (Å²) in [5.74, 6) is -2.55. The van der Waals surface area contributed by atoms with Crippen LogP contribution < -0.4 is 10.6 Å². The van der Waals surface area contributed by atoms with Gasteiger partial charge < -0.3 is 15.7 Å². The first-order valence-electron chi connectivity index (χ1n) is 11.2. The Balaban J connectivity index is 1.66. The van der Waals surface area contributed by atoms with Crippen LogP contribution in [0.4, 0.5) is 0 Å². The fourth-order valence-electron chi connectivity index (χ4n) is 3.80. The first-order valence-corrected chi connectivity index (χ1v) is 11.2. The number of aromatic nitrogens is 1. The molecule has 0 spiro atoms. The van der Waals surface area contributed by atoms with Crippen molar-refractivity contribution in [2.24, 2.45) is 5.92 Å². The van der Waals surface area contributed by atoms with Gasteiger partial charge in [0.05, 0.1) is 6.42 Å². The van der Waals surface area contributed by atoms with Crippen LogP contribution in [0.1, 0.15) is 24.0 Å². The van der Waals surface area contributed by atoms with Crippen LogP contribution in [0.3, 0.4) is 0 Å². The average Bonchev–Trinajstić information content (AvgIpc) is 2.87. The standard InChI is InChI=1S/C27H29N3O4/c1-28-27(34)24(16-20-6-3-2-4-7-20)30-26(33)22(17-25(31)32)14-11-19-9-12-21(13-10-19)23-8-5-15-29-18-23/h2-10,12-13,15,18,22,24H,11,14,16-17H2,1H3,(H,28,34)(H,30,33)(H,31,32)/t22-,24+/m1/s1. The van der Waals surface area contributed by atoms with E-state index in [0.29, 0.717) is 19.3 Å². The molecule has 0 aliphatic heterocycles. The maximum Gasteiger partial charge on any atom is 0.304 e. The molecule has 1 aromatic heterocycles. The van der Waals surface area contributed by atoms with Crippen LogP contribution in [-0.4, -0.2) is 41.0 Å². The number of carbonyl (C=O) groups excluding carboxylic acids is 2. The molecule has 2 aromatic carbocycles. The second kappa shape index (κ2) is 12.3. The van der Waals surface area contributed by atoms with E-state index in [-0.39, 0.29) is 12.3 Å². The Morgan fingerprint density at radius 2 is 1.62 bits per heavy atom. The number of pyridine rings is 1. The smallest absolute Gasteiger partial charge is 0.304 e. The van der Waals surface area contributed by atoms with E-state index in [1.54, 1.807) is 12.4 Å². The molecule has 176 valence electrons. The Morgan fingerprint density at radius 1 is 0.882 bits per heavy atom. The molecular weight excluding hydrogens is 430 g/mol. The van der Waals surface area contributed by atoms with Gasteiger partial charge in [-0.2, -0.15) is 0 Å². The van der Waals surface area contributed by atoms with Crippen LogP contribution >= 0.6 is 0 Å². The summed E-state index contributed by atoms with van der Waals surface area (Å²) in [5, 5.41) is 14.7. The molecule has 7 nitrogen and oxygen atoms in total. The summed E-state index contributed by atoms with van der Waals surface area (Å²) in [6, 6.07) is 20.4. The van der Waals surface area contributed by atoms with Gasteiger partial charge in [0.15, 0.2) is 0 Å². The Morgan fingerprint density at radius 3 is 2.24 bits per heavy atom. The number of benzene rings is 2. The number of rotatable bonds is 11. The third-order valence-electron chi connectivity index (χ3n) is 5.68. The van der Waals surface area contributed by atoms with Crippen LogP contribution in [0.15, 0.2) is 79.1 Å². The third-order valence-corrected chi connectivity index (χ3v) is 5.68. The number of hydrogen-bond acceptors (Lipinski definition) is 4. The van der Waals surface area contributed by atoms with Crippen LogP contribution in [-0.2, 0) is 27.2 Å². The number of amides is 2. The Labute approximate surface area is 199 Å². The fourth-order valence-corrected chi connectivity index (χ4v) is 3.80. The number of nitrogens with one attached hydrogen (secondary N) is 2. The molecule has 3 N–H and O–H groups in total. The number of nitrogens with zero attached hydrogens (tertiary/aromatic N) is 1. The number of aryl methyl sites for hydroxylation is 1. The van der Waals surface area contributed by atoms with Crippen molar-refractivity contribution in [3.8, 4) is 11.1 Å². The molecule has 2 amide bonds. The second-order valence-electron chi connectivity index (χ2n) is 8.14. The zero-order valence-electron chi connectivity index (χ0n) is 19.1. The molecule has 0 saturated heterocycles. The number of hydrogen-bond donors (Lipinski definition) is 3. The van der Waals surface area contributed by atoms with Gasteiger partial charge in [0.2, 0.25) is 11.8 Å². The molecule has 2 atom stereocenters. The van der Waals surface area contributed by atoms with Crippen LogP contribution in [0.5, 0.6) is 0 Å². The summed E-state index contributed by atoms with van der Waals surface area (Å²) >= 11 is 0. The normalized spacial score (nSPS) is 12.4. The van der Waals surface area contributed by atoms with Gasteiger partial charge in [-0.05, 0) is 41.2 Å². The predicted molar refractivity (Wildman–Crippen MR) is 130 cm³/mol. The molecule has 0 unspecified atom stereocenters. The lowest BCUT2D eigenvalue weighted by Gasteiger charge is -2.21. The molecule has 0 aliphatic carbocycles. The Bertz CT molecular complexity index is 1090. The highest BCUT2D eigenvalue weighted by molar-refractivity contribution is 5.90. The van der Waals surface area contributed by atoms with Crippen molar-refractivity contribution in [2.45, 2.75) is 31.7 Å². The molecule has 1 heterocycles. The van der Waals surface area contributed by atoms with Gasteiger partial charge in [-0.3, -0.25) is 19.4 Å². The minimum Gasteiger partial charge on any atom is -0.481 e. The van der Waals surface area contributed by atoms with Crippen LogP contribution in [0, 0.1) is 5.92 Å². The van der Waals surface area contributed by atoms with Crippen molar-refractivity contribution in [2.75, 3.05) is 7.05 Å². The Kier molecular flexibility index (Phi) is 8.91. The van der Waals surface area contributed by atoms with Gasteiger partial charge in [0, 0.05) is 31.8 Å². The lowest BCUT2D eigenvalue weighted by molar-refractivity contribution is -0.141. The average molecular weight is 460 g/mol. The van der Waals surface area contributed by atoms with Gasteiger partial charge in [-0.25, -0.2) is 0 Å². The van der Waals surface area contributed by atoms with Crippen LogP contribution in [0.25, 0.3) is 11.1 Å². The molecule has 0 radical (unpaired) electrons. The van der Waals surface area contributed by atoms with E-state index in [4.69, 9.17) is 0 Å². The summed E-state index contributed by atoms with van der Waals surface area (Å²) in [6.07, 6.45) is 4.44. The van der Waals surface area contributed by atoms with E-state index in [2.05, 4.69) is 15.6 Å². The van der Waals surface area contributed by atoms with Gasteiger partial charge in [-0.1, -0.05) is 60.7 Å². The van der Waals surface area contributed by atoms with Crippen molar-refractivity contribution in [3.05, 3.63) is 90.3 Å². The van der Waals surface area contributed by atoms with Gasteiger partial charge in [0.25, 0.3) is 0 Å². The summed E-state index contributed by atoms with van der Waals surface area (Å²) in [6.45, 7) is 0. The minimum absolute atomic E-state index is 0.300. The quantitative estimate of drug-likeness (QED) is 0.408. The van der Waals surface area contributed by atoms with Crippen molar-refractivity contribution in [1.82, 2.24) is 15.6 Å². The minimum atomic E-state index is -1.05. The molecule has 0 bridgehead atoms. The predicted octanol–water partition coefficient (Wildman–Crippen LogP) is 3.25. The van der Waals surface area contributed by atoms with E-state index in [1.165, 1.54) is 7.05 Å². The summed E-state index contributed by atoms with van der Waals surface area (Å²) in [7, 11) is 1.51. The first-order chi connectivity index (χ1) is 16.5. The van der Waals surface area contributed by atoms with Crippen LogP contribution in [0.2, 0.25) is 0 Å². The third kappa shape index (κ3) is 7.27. The summed E-state index contributed by atoms with van der Waals surface area (Å²) < 4.78 is 0. The highest BCUT2D eigenvalue weighted by Crippen LogP contribution is 2.20. The number of likely N-dealkylation sites (N-methyl/N-ethyl adjacent to an activating group) is 1. The molecule has 34 heavy (non-hydrogen) atoms. The lowest BCUT2D eigenvalue weighted by atomic mass is 9.94. The zero-order chi connectivity index (χ0) is 24.3. The van der Waals surface area contributed by atoms with Crippen molar-refractivity contribution >= 4 is 17.8 Å². The molecule has 0 aliphatic rings. The molecule has 7 heteroatoms. The maximum atomic E-state index is 13.0.